The Balaban J connectivity index is 2.09. The first kappa shape index (κ1) is 16.4. The van der Waals surface area contributed by atoms with Gasteiger partial charge in [0.25, 0.3) is 0 Å². The van der Waals surface area contributed by atoms with Crippen molar-refractivity contribution in [3.05, 3.63) is 12.2 Å². The maximum atomic E-state index is 10.8. The number of aromatic nitrogens is 3. The van der Waals surface area contributed by atoms with E-state index in [1.54, 1.807) is 13.4 Å². The zero-order valence-electron chi connectivity index (χ0n) is 13.7. The Morgan fingerprint density at radius 1 is 1.52 bits per heavy atom. The van der Waals surface area contributed by atoms with Gasteiger partial charge in [-0.1, -0.05) is 33.6 Å². The van der Waals surface area contributed by atoms with E-state index in [1.807, 2.05) is 4.68 Å². The molecule has 1 aliphatic carbocycles. The van der Waals surface area contributed by atoms with Crippen molar-refractivity contribution in [2.45, 2.75) is 71.1 Å². The normalized spacial score (nSPS) is 28.0. The standard InChI is InChI=1S/C16H29N3O2/c1-12(2)10-19-15(17-11-18-19)8-14(20)16(21-4)7-5-6-13(3)9-16/h11-14,20H,5-10H2,1-4H3. The summed E-state index contributed by atoms with van der Waals surface area (Å²) in [5, 5.41) is 15.0. The van der Waals surface area contributed by atoms with Gasteiger partial charge in [0.15, 0.2) is 0 Å². The molecule has 0 bridgehead atoms. The molecule has 1 aromatic rings. The van der Waals surface area contributed by atoms with Gasteiger partial charge in [0, 0.05) is 20.1 Å². The third-order valence-corrected chi connectivity index (χ3v) is 4.61. The number of methoxy groups -OCH3 is 1. The Morgan fingerprint density at radius 3 is 2.90 bits per heavy atom. The highest BCUT2D eigenvalue weighted by Gasteiger charge is 2.41. The number of ether oxygens (including phenoxy) is 1. The van der Waals surface area contributed by atoms with Crippen LogP contribution in [0.3, 0.4) is 0 Å². The zero-order chi connectivity index (χ0) is 15.5. The molecule has 1 N–H and O–H groups in total. The van der Waals surface area contributed by atoms with Crippen molar-refractivity contribution < 1.29 is 9.84 Å². The van der Waals surface area contributed by atoms with Crippen LogP contribution in [0.25, 0.3) is 0 Å². The third-order valence-electron chi connectivity index (χ3n) is 4.61. The lowest BCUT2D eigenvalue weighted by molar-refractivity contribution is -0.131. The number of hydrogen-bond donors (Lipinski definition) is 1. The first-order valence-corrected chi connectivity index (χ1v) is 8.06. The summed E-state index contributed by atoms with van der Waals surface area (Å²) < 4.78 is 7.68. The molecule has 1 aromatic heterocycles. The third kappa shape index (κ3) is 3.83. The molecule has 0 radical (unpaired) electrons. The Kier molecular flexibility index (Phi) is 5.38. The summed E-state index contributed by atoms with van der Waals surface area (Å²) in [6.45, 7) is 7.38. The summed E-state index contributed by atoms with van der Waals surface area (Å²) in [6, 6.07) is 0. The molecule has 5 nitrogen and oxygen atoms in total. The summed E-state index contributed by atoms with van der Waals surface area (Å²) in [5.41, 5.74) is -0.424. The van der Waals surface area contributed by atoms with Gasteiger partial charge in [0.2, 0.25) is 0 Å². The van der Waals surface area contributed by atoms with Crippen LogP contribution in [0, 0.1) is 11.8 Å². The fraction of sp³-hybridized carbons (Fsp3) is 0.875. The Labute approximate surface area is 127 Å². The number of aliphatic hydroxyl groups excluding tert-OH is 1. The van der Waals surface area contributed by atoms with E-state index in [2.05, 4.69) is 30.9 Å². The molecule has 2 rings (SSSR count). The second-order valence-corrected chi connectivity index (χ2v) is 6.94. The maximum absolute atomic E-state index is 10.8. The van der Waals surface area contributed by atoms with E-state index in [4.69, 9.17) is 4.74 Å². The smallest absolute Gasteiger partial charge is 0.138 e. The van der Waals surface area contributed by atoms with Crippen LogP contribution in [0.4, 0.5) is 0 Å². The second kappa shape index (κ2) is 6.88. The van der Waals surface area contributed by atoms with Crippen molar-refractivity contribution >= 4 is 0 Å². The molecule has 0 amide bonds. The highest BCUT2D eigenvalue weighted by atomic mass is 16.5. The average molecular weight is 295 g/mol. The minimum Gasteiger partial charge on any atom is -0.390 e. The lowest BCUT2D eigenvalue weighted by atomic mass is 9.75. The molecular weight excluding hydrogens is 266 g/mol. The monoisotopic (exact) mass is 295 g/mol. The molecule has 0 saturated heterocycles. The van der Waals surface area contributed by atoms with Crippen molar-refractivity contribution in [1.82, 2.24) is 14.8 Å². The van der Waals surface area contributed by atoms with Crippen LogP contribution in [0.5, 0.6) is 0 Å². The summed E-state index contributed by atoms with van der Waals surface area (Å²) in [7, 11) is 1.72. The summed E-state index contributed by atoms with van der Waals surface area (Å²) in [5.74, 6) is 1.96. The maximum Gasteiger partial charge on any atom is 0.138 e. The summed E-state index contributed by atoms with van der Waals surface area (Å²) in [6.07, 6.45) is 5.74. The molecule has 1 aliphatic rings. The van der Waals surface area contributed by atoms with Crippen molar-refractivity contribution in [2.24, 2.45) is 11.8 Å². The lowest BCUT2D eigenvalue weighted by Gasteiger charge is -2.42. The van der Waals surface area contributed by atoms with Crippen LogP contribution >= 0.6 is 0 Å². The van der Waals surface area contributed by atoms with E-state index >= 15 is 0 Å². The van der Waals surface area contributed by atoms with Gasteiger partial charge < -0.3 is 9.84 Å². The average Bonchev–Trinajstić information content (AvgIpc) is 2.85. The highest BCUT2D eigenvalue weighted by molar-refractivity contribution is 4.99. The predicted molar refractivity (Wildman–Crippen MR) is 81.9 cm³/mol. The van der Waals surface area contributed by atoms with Crippen molar-refractivity contribution in [3.8, 4) is 0 Å². The molecule has 21 heavy (non-hydrogen) atoms. The van der Waals surface area contributed by atoms with Crippen molar-refractivity contribution in [1.29, 1.82) is 0 Å². The first-order valence-electron chi connectivity index (χ1n) is 8.06. The molecule has 1 heterocycles. The second-order valence-electron chi connectivity index (χ2n) is 6.94. The highest BCUT2D eigenvalue weighted by Crippen LogP contribution is 2.38. The molecule has 120 valence electrons. The number of hydrogen-bond acceptors (Lipinski definition) is 4. The van der Waals surface area contributed by atoms with Crippen LogP contribution in [0.1, 0.15) is 52.3 Å². The predicted octanol–water partition coefficient (Wildman–Crippen LogP) is 2.43. The van der Waals surface area contributed by atoms with Gasteiger partial charge in [-0.05, 0) is 24.7 Å². The van der Waals surface area contributed by atoms with E-state index in [0.29, 0.717) is 18.3 Å². The minimum absolute atomic E-state index is 0.424. The minimum atomic E-state index is -0.527. The molecule has 1 fully saturated rings. The van der Waals surface area contributed by atoms with Gasteiger partial charge in [-0.25, -0.2) is 9.67 Å². The largest absolute Gasteiger partial charge is 0.390 e. The SMILES string of the molecule is COC1(C(O)Cc2ncnn2CC(C)C)CCCC(C)C1. The molecule has 0 spiro atoms. The number of nitrogens with zero attached hydrogens (tertiary/aromatic N) is 3. The van der Waals surface area contributed by atoms with Crippen LogP contribution < -0.4 is 0 Å². The zero-order valence-corrected chi connectivity index (χ0v) is 13.7. The van der Waals surface area contributed by atoms with Crippen LogP contribution in [-0.2, 0) is 17.7 Å². The molecule has 5 heteroatoms. The fourth-order valence-electron chi connectivity index (χ4n) is 3.47. The Bertz CT molecular complexity index is 446. The van der Waals surface area contributed by atoms with Crippen LogP contribution in [-0.4, -0.2) is 38.7 Å². The Hall–Kier alpha value is -0.940. The first-order chi connectivity index (χ1) is 9.97. The van der Waals surface area contributed by atoms with E-state index in [0.717, 1.165) is 31.6 Å². The van der Waals surface area contributed by atoms with Gasteiger partial charge in [-0.3, -0.25) is 0 Å². The fourth-order valence-corrected chi connectivity index (χ4v) is 3.47. The van der Waals surface area contributed by atoms with Gasteiger partial charge in [0.1, 0.15) is 12.2 Å². The van der Waals surface area contributed by atoms with Crippen LogP contribution in [0.15, 0.2) is 6.33 Å². The van der Waals surface area contributed by atoms with Gasteiger partial charge in [-0.2, -0.15) is 5.10 Å². The van der Waals surface area contributed by atoms with E-state index in [-0.39, 0.29) is 0 Å². The van der Waals surface area contributed by atoms with E-state index < -0.39 is 11.7 Å². The summed E-state index contributed by atoms with van der Waals surface area (Å²) >= 11 is 0. The van der Waals surface area contributed by atoms with Crippen LogP contribution in [0.2, 0.25) is 0 Å². The van der Waals surface area contributed by atoms with Crippen molar-refractivity contribution in [3.63, 3.8) is 0 Å². The molecule has 0 aromatic carbocycles. The quantitative estimate of drug-likeness (QED) is 0.875. The molecule has 3 unspecified atom stereocenters. The number of aliphatic hydroxyl groups is 1. The van der Waals surface area contributed by atoms with Crippen molar-refractivity contribution in [2.75, 3.05) is 7.11 Å². The van der Waals surface area contributed by atoms with Gasteiger partial charge >= 0.3 is 0 Å². The molecule has 3 atom stereocenters. The number of rotatable bonds is 6. The van der Waals surface area contributed by atoms with Gasteiger partial charge in [-0.15, -0.1) is 0 Å². The summed E-state index contributed by atoms with van der Waals surface area (Å²) in [4.78, 5) is 4.32. The molecule has 1 saturated carbocycles. The van der Waals surface area contributed by atoms with Gasteiger partial charge in [0.05, 0.1) is 11.7 Å². The van der Waals surface area contributed by atoms with E-state index in [1.165, 1.54) is 6.42 Å². The topological polar surface area (TPSA) is 60.2 Å². The Morgan fingerprint density at radius 2 is 2.29 bits per heavy atom. The molecule has 0 aliphatic heterocycles. The molecular formula is C16H29N3O2. The van der Waals surface area contributed by atoms with E-state index in [9.17, 15) is 5.11 Å². The lowest BCUT2D eigenvalue weighted by Crippen LogP contribution is -2.48.